The van der Waals surface area contributed by atoms with Gasteiger partial charge < -0.3 is 0 Å². The van der Waals surface area contributed by atoms with Crippen molar-refractivity contribution in [2.75, 3.05) is 7.05 Å². The van der Waals surface area contributed by atoms with Crippen molar-refractivity contribution in [3.63, 3.8) is 0 Å². The first-order valence-corrected chi connectivity index (χ1v) is 8.57. The highest BCUT2D eigenvalue weighted by atomic mass is 19.2. The maximum atomic E-state index is 13.8. The van der Waals surface area contributed by atoms with Gasteiger partial charge in [0, 0.05) is 37.3 Å². The molecule has 3 aromatic heterocycles. The van der Waals surface area contributed by atoms with Crippen LogP contribution in [0.25, 0.3) is 28.0 Å². The number of carbonyl (C=O) groups excluding carboxylic acids is 2. The number of benzene rings is 1. The number of aromatic nitrogens is 4. The summed E-state index contributed by atoms with van der Waals surface area (Å²) in [7, 11) is 1.39. The molecule has 1 aliphatic heterocycles. The summed E-state index contributed by atoms with van der Waals surface area (Å²) < 4.78 is 28.6. The van der Waals surface area contributed by atoms with Crippen LogP contribution < -0.4 is 0 Å². The zero-order valence-corrected chi connectivity index (χ0v) is 14.9. The Kier molecular flexibility index (Phi) is 3.54. The number of imide groups is 1. The van der Waals surface area contributed by atoms with Gasteiger partial charge in [-0.05, 0) is 24.3 Å². The number of rotatable bonds is 2. The molecule has 0 fully saturated rings. The lowest BCUT2D eigenvalue weighted by molar-refractivity contribution is 0.0693. The van der Waals surface area contributed by atoms with Crippen LogP contribution in [-0.4, -0.2) is 43.5 Å². The van der Waals surface area contributed by atoms with Gasteiger partial charge in [-0.25, -0.2) is 18.4 Å². The first kappa shape index (κ1) is 17.1. The van der Waals surface area contributed by atoms with E-state index in [1.807, 2.05) is 0 Å². The number of pyridine rings is 2. The normalized spacial score (nSPS) is 13.4. The Morgan fingerprint density at radius 2 is 1.72 bits per heavy atom. The number of halogens is 2. The quantitative estimate of drug-likeness (QED) is 0.491. The first-order chi connectivity index (χ1) is 14.0. The highest BCUT2D eigenvalue weighted by molar-refractivity contribution is 6.27. The van der Waals surface area contributed by atoms with E-state index in [1.54, 1.807) is 24.5 Å². The molecule has 0 bridgehead atoms. The van der Waals surface area contributed by atoms with Crippen molar-refractivity contribution in [2.24, 2.45) is 0 Å². The van der Waals surface area contributed by atoms with Crippen LogP contribution in [0.2, 0.25) is 0 Å². The van der Waals surface area contributed by atoms with E-state index in [9.17, 15) is 18.4 Å². The monoisotopic (exact) mass is 391 g/mol. The standard InChI is InChI=1S/C20H11F2N5O2/c1-26-19(28)12-9-24-18-16(15(12)20(26)29)17(10-4-6-23-7-5-10)25-27(18)11-2-3-13(21)14(22)8-11/h2-9H,1H3. The minimum absolute atomic E-state index is 0.171. The highest BCUT2D eigenvalue weighted by Gasteiger charge is 2.37. The molecule has 0 saturated heterocycles. The minimum atomic E-state index is -1.04. The van der Waals surface area contributed by atoms with Crippen molar-refractivity contribution in [3.8, 4) is 16.9 Å². The lowest BCUT2D eigenvalue weighted by Crippen LogP contribution is -2.24. The molecule has 4 heterocycles. The minimum Gasteiger partial charge on any atom is -0.277 e. The second kappa shape index (κ2) is 5.99. The smallest absolute Gasteiger partial charge is 0.262 e. The average Bonchev–Trinajstić information content (AvgIpc) is 3.22. The molecule has 0 atom stereocenters. The Balaban J connectivity index is 1.89. The summed E-state index contributed by atoms with van der Waals surface area (Å²) in [6.07, 6.45) is 4.43. The molecule has 0 N–H and O–H groups in total. The van der Waals surface area contributed by atoms with Gasteiger partial charge in [0.2, 0.25) is 0 Å². The second-order valence-electron chi connectivity index (χ2n) is 6.51. The Bertz CT molecular complexity index is 1330. The maximum Gasteiger partial charge on any atom is 0.262 e. The summed E-state index contributed by atoms with van der Waals surface area (Å²) in [5, 5.41) is 4.88. The van der Waals surface area contributed by atoms with Crippen molar-refractivity contribution in [1.82, 2.24) is 24.6 Å². The summed E-state index contributed by atoms with van der Waals surface area (Å²) in [4.78, 5) is 34.5. The van der Waals surface area contributed by atoms with Crippen LogP contribution in [0.15, 0.2) is 48.9 Å². The first-order valence-electron chi connectivity index (χ1n) is 8.57. The average molecular weight is 391 g/mol. The molecular formula is C20H11F2N5O2. The van der Waals surface area contributed by atoms with Crippen molar-refractivity contribution >= 4 is 22.8 Å². The molecule has 29 heavy (non-hydrogen) atoms. The highest BCUT2D eigenvalue weighted by Crippen LogP contribution is 2.36. The molecule has 7 nitrogen and oxygen atoms in total. The Morgan fingerprint density at radius 1 is 0.966 bits per heavy atom. The van der Waals surface area contributed by atoms with Gasteiger partial charge in [-0.3, -0.25) is 19.5 Å². The molecule has 4 aromatic rings. The lowest BCUT2D eigenvalue weighted by Gasteiger charge is -2.04. The molecule has 2 amide bonds. The number of fused-ring (bicyclic) bond motifs is 3. The van der Waals surface area contributed by atoms with Gasteiger partial charge in [0.25, 0.3) is 11.8 Å². The molecule has 9 heteroatoms. The molecule has 142 valence electrons. The molecule has 0 aliphatic carbocycles. The fourth-order valence-electron chi connectivity index (χ4n) is 3.42. The van der Waals surface area contributed by atoms with Crippen LogP contribution in [0.5, 0.6) is 0 Å². The Morgan fingerprint density at radius 3 is 2.45 bits per heavy atom. The zero-order chi connectivity index (χ0) is 20.3. The van der Waals surface area contributed by atoms with Crippen LogP contribution in [0.4, 0.5) is 8.78 Å². The molecular weight excluding hydrogens is 380 g/mol. The van der Waals surface area contributed by atoms with Gasteiger partial charge in [-0.2, -0.15) is 5.10 Å². The van der Waals surface area contributed by atoms with E-state index in [1.165, 1.54) is 24.0 Å². The topological polar surface area (TPSA) is 81.0 Å². The molecule has 0 radical (unpaired) electrons. The van der Waals surface area contributed by atoms with Gasteiger partial charge in [-0.1, -0.05) is 0 Å². The molecule has 0 saturated carbocycles. The van der Waals surface area contributed by atoms with E-state index >= 15 is 0 Å². The predicted octanol–water partition coefficient (Wildman–Crippen LogP) is 2.99. The van der Waals surface area contributed by atoms with Crippen LogP contribution in [0, 0.1) is 11.6 Å². The summed E-state index contributed by atoms with van der Waals surface area (Å²) in [5.41, 5.74) is 1.85. The SMILES string of the molecule is CN1C(=O)c2cnc3c(c(-c4ccncc4)nn3-c3ccc(F)c(F)c3)c2C1=O. The Labute approximate surface area is 162 Å². The van der Waals surface area contributed by atoms with E-state index in [0.717, 1.165) is 17.0 Å². The fraction of sp³-hybridized carbons (Fsp3) is 0.0500. The molecule has 0 spiro atoms. The molecule has 5 rings (SSSR count). The molecule has 0 unspecified atom stereocenters. The van der Waals surface area contributed by atoms with Crippen molar-refractivity contribution < 1.29 is 18.4 Å². The van der Waals surface area contributed by atoms with Gasteiger partial charge in [0.15, 0.2) is 17.3 Å². The zero-order valence-electron chi connectivity index (χ0n) is 14.9. The van der Waals surface area contributed by atoms with Gasteiger partial charge in [-0.15, -0.1) is 0 Å². The summed E-state index contributed by atoms with van der Waals surface area (Å²) in [5.74, 6) is -2.96. The van der Waals surface area contributed by atoms with E-state index in [4.69, 9.17) is 0 Å². The fourth-order valence-corrected chi connectivity index (χ4v) is 3.42. The summed E-state index contributed by atoms with van der Waals surface area (Å²) in [6, 6.07) is 6.73. The summed E-state index contributed by atoms with van der Waals surface area (Å²) >= 11 is 0. The third-order valence-electron chi connectivity index (χ3n) is 4.85. The van der Waals surface area contributed by atoms with E-state index < -0.39 is 23.4 Å². The number of carbonyl (C=O) groups is 2. The van der Waals surface area contributed by atoms with Crippen LogP contribution in [0.1, 0.15) is 20.7 Å². The largest absolute Gasteiger partial charge is 0.277 e. The van der Waals surface area contributed by atoms with E-state index in [-0.39, 0.29) is 22.5 Å². The second-order valence-corrected chi connectivity index (χ2v) is 6.51. The number of nitrogens with zero attached hydrogens (tertiary/aromatic N) is 5. The van der Waals surface area contributed by atoms with Crippen LogP contribution >= 0.6 is 0 Å². The maximum absolute atomic E-state index is 13.8. The van der Waals surface area contributed by atoms with Crippen molar-refractivity contribution in [1.29, 1.82) is 0 Å². The van der Waals surface area contributed by atoms with Gasteiger partial charge in [0.05, 0.1) is 22.2 Å². The molecule has 1 aromatic carbocycles. The van der Waals surface area contributed by atoms with Crippen molar-refractivity contribution in [2.45, 2.75) is 0 Å². The third kappa shape index (κ3) is 2.37. The van der Waals surface area contributed by atoms with Crippen LogP contribution in [-0.2, 0) is 0 Å². The lowest BCUT2D eigenvalue weighted by atomic mass is 10.0. The number of amides is 2. The van der Waals surface area contributed by atoms with Gasteiger partial charge in [0.1, 0.15) is 5.69 Å². The third-order valence-corrected chi connectivity index (χ3v) is 4.85. The van der Waals surface area contributed by atoms with E-state index in [0.29, 0.717) is 16.6 Å². The predicted molar refractivity (Wildman–Crippen MR) is 98.4 cm³/mol. The Hall–Kier alpha value is -4.01. The summed E-state index contributed by atoms with van der Waals surface area (Å²) in [6.45, 7) is 0. The number of hydrogen-bond acceptors (Lipinski definition) is 5. The van der Waals surface area contributed by atoms with Crippen molar-refractivity contribution in [3.05, 3.63) is 71.7 Å². The van der Waals surface area contributed by atoms with Crippen LogP contribution in [0.3, 0.4) is 0 Å². The number of hydrogen-bond donors (Lipinski definition) is 0. The molecule has 1 aliphatic rings. The van der Waals surface area contributed by atoms with E-state index in [2.05, 4.69) is 15.1 Å². The van der Waals surface area contributed by atoms with Gasteiger partial charge >= 0.3 is 0 Å².